The number of hydrogen-bond donors (Lipinski definition) is 1. The Hall–Kier alpha value is -3.14. The van der Waals surface area contributed by atoms with Crippen LogP contribution in [0.3, 0.4) is 0 Å². The van der Waals surface area contributed by atoms with Crippen LogP contribution < -0.4 is 0 Å². The highest BCUT2D eigenvalue weighted by Crippen LogP contribution is 2.34. The fraction of sp³-hybridized carbons (Fsp3) is 0.409. The zero-order chi connectivity index (χ0) is 23.0. The molecule has 2 aliphatic rings. The summed E-state index contributed by atoms with van der Waals surface area (Å²) in [5, 5.41) is 10.6. The van der Waals surface area contributed by atoms with E-state index in [-0.39, 0.29) is 30.8 Å². The number of aliphatic hydroxyl groups excluding tert-OH is 1. The van der Waals surface area contributed by atoms with E-state index in [2.05, 4.69) is 4.98 Å². The first-order chi connectivity index (χ1) is 15.2. The number of pyridine rings is 1. The van der Waals surface area contributed by atoms with Crippen LogP contribution in [-0.4, -0.2) is 63.2 Å². The molecule has 170 valence electrons. The molecule has 0 bridgehead atoms. The fourth-order valence-corrected chi connectivity index (χ4v) is 4.36. The first kappa shape index (κ1) is 22.1. The average molecular weight is 449 g/mol. The van der Waals surface area contributed by atoms with Gasteiger partial charge in [0, 0.05) is 29.9 Å². The summed E-state index contributed by atoms with van der Waals surface area (Å²) < 4.78 is 43.6. The van der Waals surface area contributed by atoms with Crippen molar-refractivity contribution in [1.29, 1.82) is 0 Å². The minimum absolute atomic E-state index is 0.106. The third-order valence-electron chi connectivity index (χ3n) is 5.95. The van der Waals surface area contributed by atoms with Crippen LogP contribution in [0.15, 0.2) is 42.5 Å². The molecule has 2 aliphatic heterocycles. The van der Waals surface area contributed by atoms with Crippen LogP contribution in [0.4, 0.5) is 18.0 Å². The van der Waals surface area contributed by atoms with E-state index >= 15 is 0 Å². The molecule has 0 spiro atoms. The van der Waals surface area contributed by atoms with E-state index in [1.807, 2.05) is 0 Å². The van der Waals surface area contributed by atoms with Crippen LogP contribution in [0, 0.1) is 6.92 Å². The number of β-amino-alcohol motifs (C(OH)–C–C–N with tert-alkyl or cyclic N) is 1. The highest BCUT2D eigenvalue weighted by molar-refractivity contribution is 5.94. The van der Waals surface area contributed by atoms with Gasteiger partial charge in [0.15, 0.2) is 0 Å². The van der Waals surface area contributed by atoms with Crippen molar-refractivity contribution in [3.8, 4) is 0 Å². The Balaban J connectivity index is 1.41. The number of halogens is 3. The number of aliphatic hydroxyl groups is 1. The molecule has 1 aromatic carbocycles. The lowest BCUT2D eigenvalue weighted by molar-refractivity contribution is -0.141. The number of aryl methyl sites for hydroxylation is 1. The molecule has 2 amide bonds. The molecule has 10 heteroatoms. The molecule has 4 rings (SSSR count). The Labute approximate surface area is 182 Å². The fourth-order valence-electron chi connectivity index (χ4n) is 4.36. The second kappa shape index (κ2) is 8.42. The van der Waals surface area contributed by atoms with Crippen LogP contribution in [0.5, 0.6) is 0 Å². The van der Waals surface area contributed by atoms with E-state index in [4.69, 9.17) is 4.74 Å². The summed E-state index contributed by atoms with van der Waals surface area (Å²) in [4.78, 5) is 32.0. The molecule has 0 radical (unpaired) electrons. The molecule has 0 aliphatic carbocycles. The van der Waals surface area contributed by atoms with Crippen molar-refractivity contribution in [2.75, 3.05) is 13.1 Å². The highest BCUT2D eigenvalue weighted by atomic mass is 19.4. The van der Waals surface area contributed by atoms with Crippen LogP contribution in [0.25, 0.3) is 0 Å². The van der Waals surface area contributed by atoms with Crippen LogP contribution in [-0.2, 0) is 17.5 Å². The summed E-state index contributed by atoms with van der Waals surface area (Å²) in [5.41, 5.74) is -0.0289. The number of ether oxygens (including phenoxy) is 1. The molecule has 2 aromatic rings. The van der Waals surface area contributed by atoms with Crippen molar-refractivity contribution in [3.63, 3.8) is 0 Å². The predicted octanol–water partition coefficient (Wildman–Crippen LogP) is 3.01. The zero-order valence-electron chi connectivity index (χ0n) is 17.2. The van der Waals surface area contributed by atoms with Gasteiger partial charge in [-0.2, -0.15) is 13.2 Å². The predicted molar refractivity (Wildman–Crippen MR) is 107 cm³/mol. The van der Waals surface area contributed by atoms with Gasteiger partial charge in [0.05, 0.1) is 18.2 Å². The number of aromatic nitrogens is 1. The highest BCUT2D eigenvalue weighted by Gasteiger charge is 2.51. The third kappa shape index (κ3) is 4.14. The van der Waals surface area contributed by atoms with E-state index < -0.39 is 30.1 Å². The van der Waals surface area contributed by atoms with Gasteiger partial charge in [-0.1, -0.05) is 24.3 Å². The van der Waals surface area contributed by atoms with Gasteiger partial charge in [0.25, 0.3) is 5.91 Å². The number of benzene rings is 1. The number of carbonyl (C=O) groups is 2. The molecule has 3 atom stereocenters. The molecule has 32 heavy (non-hydrogen) atoms. The standard InChI is InChI=1S/C22H22F3N3O4/c1-13-15(7-8-18(26-13)22(23,24)25)12-32-21(31)27-10-9-16-19(27)17(29)11-28(16)20(30)14-5-3-2-4-6-14/h2-8,16-17,19,29H,9-12H2,1H3/t16-,17+,19+/m1/s1. The van der Waals surface area contributed by atoms with Gasteiger partial charge in [-0.3, -0.25) is 4.79 Å². The summed E-state index contributed by atoms with van der Waals surface area (Å²) in [6.07, 6.45) is -5.66. The smallest absolute Gasteiger partial charge is 0.433 e. The largest absolute Gasteiger partial charge is 0.444 e. The Morgan fingerprint density at radius 1 is 1.16 bits per heavy atom. The summed E-state index contributed by atoms with van der Waals surface area (Å²) in [7, 11) is 0. The number of alkyl halides is 3. The van der Waals surface area contributed by atoms with Crippen LogP contribution in [0.2, 0.25) is 0 Å². The molecular weight excluding hydrogens is 427 g/mol. The quantitative estimate of drug-likeness (QED) is 0.779. The van der Waals surface area contributed by atoms with E-state index in [9.17, 15) is 27.9 Å². The number of rotatable bonds is 3. The summed E-state index contributed by atoms with van der Waals surface area (Å²) in [5.74, 6) is -0.209. The van der Waals surface area contributed by atoms with Gasteiger partial charge < -0.3 is 19.6 Å². The number of amides is 2. The Kier molecular flexibility index (Phi) is 5.81. The van der Waals surface area contributed by atoms with Crippen molar-refractivity contribution >= 4 is 12.0 Å². The molecule has 7 nitrogen and oxygen atoms in total. The van der Waals surface area contributed by atoms with Crippen molar-refractivity contribution in [2.24, 2.45) is 0 Å². The maximum absolute atomic E-state index is 12.9. The maximum Gasteiger partial charge on any atom is 0.433 e. The minimum atomic E-state index is -4.55. The van der Waals surface area contributed by atoms with Gasteiger partial charge >= 0.3 is 12.3 Å². The van der Waals surface area contributed by atoms with Gasteiger partial charge in [0.1, 0.15) is 12.3 Å². The number of fused-ring (bicyclic) bond motifs is 1. The number of hydrogen-bond acceptors (Lipinski definition) is 5. The van der Waals surface area contributed by atoms with Crippen LogP contribution in [0.1, 0.15) is 33.7 Å². The van der Waals surface area contributed by atoms with Crippen molar-refractivity contribution in [1.82, 2.24) is 14.8 Å². The second-order valence-electron chi connectivity index (χ2n) is 7.92. The first-order valence-corrected chi connectivity index (χ1v) is 10.2. The van der Waals surface area contributed by atoms with Gasteiger partial charge in [-0.15, -0.1) is 0 Å². The molecule has 3 heterocycles. The normalized spacial score (nSPS) is 22.7. The maximum atomic E-state index is 12.9. The van der Waals surface area contributed by atoms with Crippen LogP contribution >= 0.6 is 0 Å². The zero-order valence-corrected chi connectivity index (χ0v) is 17.2. The number of likely N-dealkylation sites (tertiary alicyclic amines) is 2. The number of carbonyl (C=O) groups excluding carboxylic acids is 2. The molecular formula is C22H22F3N3O4. The van der Waals surface area contributed by atoms with Crippen molar-refractivity contribution < 1.29 is 32.6 Å². The van der Waals surface area contributed by atoms with Gasteiger partial charge in [-0.25, -0.2) is 9.78 Å². The Morgan fingerprint density at radius 3 is 2.53 bits per heavy atom. The lowest BCUT2D eigenvalue weighted by atomic mass is 10.1. The number of nitrogens with zero attached hydrogens (tertiary/aromatic N) is 3. The lowest BCUT2D eigenvalue weighted by Crippen LogP contribution is -2.45. The molecule has 1 aromatic heterocycles. The van der Waals surface area contributed by atoms with E-state index in [0.29, 0.717) is 24.1 Å². The van der Waals surface area contributed by atoms with E-state index in [0.717, 1.165) is 6.07 Å². The molecule has 0 unspecified atom stereocenters. The minimum Gasteiger partial charge on any atom is -0.444 e. The first-order valence-electron chi connectivity index (χ1n) is 10.2. The Morgan fingerprint density at radius 2 is 1.88 bits per heavy atom. The second-order valence-corrected chi connectivity index (χ2v) is 7.92. The molecule has 1 N–H and O–H groups in total. The van der Waals surface area contributed by atoms with Crippen molar-refractivity contribution in [3.05, 3.63) is 65.0 Å². The lowest BCUT2D eigenvalue weighted by Gasteiger charge is -2.26. The summed E-state index contributed by atoms with van der Waals surface area (Å²) >= 11 is 0. The topological polar surface area (TPSA) is 83.0 Å². The van der Waals surface area contributed by atoms with Gasteiger partial charge in [-0.05, 0) is 31.5 Å². The summed E-state index contributed by atoms with van der Waals surface area (Å²) in [6.45, 7) is 1.58. The molecule has 2 saturated heterocycles. The van der Waals surface area contributed by atoms with Gasteiger partial charge in [0.2, 0.25) is 0 Å². The molecule has 0 saturated carbocycles. The monoisotopic (exact) mass is 449 g/mol. The SMILES string of the molecule is Cc1nc(C(F)(F)F)ccc1COC(=O)N1CC[C@@H]2[C@H]1[C@@H](O)CN2C(=O)c1ccccc1. The Bertz CT molecular complexity index is 1020. The molecule has 2 fully saturated rings. The van der Waals surface area contributed by atoms with E-state index in [1.165, 1.54) is 17.9 Å². The summed E-state index contributed by atoms with van der Waals surface area (Å²) in [6, 6.07) is 9.86. The van der Waals surface area contributed by atoms with Crippen molar-refractivity contribution in [2.45, 2.75) is 44.3 Å². The third-order valence-corrected chi connectivity index (χ3v) is 5.95. The average Bonchev–Trinajstić information content (AvgIpc) is 3.33. The van der Waals surface area contributed by atoms with E-state index in [1.54, 1.807) is 35.2 Å².